The second-order valence-corrected chi connectivity index (χ2v) is 6.61. The van der Waals surface area contributed by atoms with Crippen molar-refractivity contribution >= 4 is 27.7 Å². The Labute approximate surface area is 134 Å². The van der Waals surface area contributed by atoms with Crippen LogP contribution in [0.15, 0.2) is 10.7 Å². The standard InChI is InChI=1S/C14H23BrN4O2/c1-9(12(20)16-6-7-21-5)17-11-8-10(15)18-13(19-11)14(2,3)4/h8-9H,6-7H2,1-5H3,(H,16,20)(H,17,18,19). The van der Waals surface area contributed by atoms with Gasteiger partial charge in [-0.15, -0.1) is 0 Å². The molecule has 1 aromatic heterocycles. The van der Waals surface area contributed by atoms with E-state index in [1.54, 1.807) is 20.1 Å². The number of anilines is 1. The third-order valence-electron chi connectivity index (χ3n) is 2.73. The molecule has 2 N–H and O–H groups in total. The van der Waals surface area contributed by atoms with Gasteiger partial charge in [-0.05, 0) is 22.9 Å². The summed E-state index contributed by atoms with van der Waals surface area (Å²) in [6.07, 6.45) is 0. The van der Waals surface area contributed by atoms with Crippen molar-refractivity contribution in [2.75, 3.05) is 25.6 Å². The number of rotatable bonds is 6. The molecule has 1 unspecified atom stereocenters. The second-order valence-electron chi connectivity index (χ2n) is 5.80. The van der Waals surface area contributed by atoms with Crippen molar-refractivity contribution in [1.82, 2.24) is 15.3 Å². The molecular weight excluding hydrogens is 336 g/mol. The molecule has 6 nitrogen and oxygen atoms in total. The van der Waals surface area contributed by atoms with E-state index in [-0.39, 0.29) is 11.3 Å². The van der Waals surface area contributed by atoms with Gasteiger partial charge in [0.15, 0.2) is 0 Å². The molecule has 21 heavy (non-hydrogen) atoms. The highest BCUT2D eigenvalue weighted by Gasteiger charge is 2.20. The van der Waals surface area contributed by atoms with Crippen molar-refractivity contribution in [2.24, 2.45) is 0 Å². The van der Waals surface area contributed by atoms with E-state index in [0.717, 1.165) is 0 Å². The topological polar surface area (TPSA) is 76.1 Å². The maximum Gasteiger partial charge on any atom is 0.242 e. The van der Waals surface area contributed by atoms with Gasteiger partial charge in [-0.2, -0.15) is 0 Å². The predicted molar refractivity (Wildman–Crippen MR) is 86.4 cm³/mol. The fraction of sp³-hybridized carbons (Fsp3) is 0.643. The molecule has 0 aliphatic carbocycles. The van der Waals surface area contributed by atoms with Crippen LogP contribution in [0.1, 0.15) is 33.5 Å². The highest BCUT2D eigenvalue weighted by molar-refractivity contribution is 9.10. The van der Waals surface area contributed by atoms with Gasteiger partial charge in [0.05, 0.1) is 6.61 Å². The number of nitrogens with zero attached hydrogens (tertiary/aromatic N) is 2. The van der Waals surface area contributed by atoms with Crippen LogP contribution in [0, 0.1) is 0 Å². The van der Waals surface area contributed by atoms with Crippen LogP contribution >= 0.6 is 15.9 Å². The van der Waals surface area contributed by atoms with Crippen LogP contribution in [0.3, 0.4) is 0 Å². The highest BCUT2D eigenvalue weighted by atomic mass is 79.9. The van der Waals surface area contributed by atoms with Crippen molar-refractivity contribution in [2.45, 2.75) is 39.2 Å². The maximum absolute atomic E-state index is 11.9. The third kappa shape index (κ3) is 5.97. The molecule has 0 bridgehead atoms. The lowest BCUT2D eigenvalue weighted by Crippen LogP contribution is -2.39. The van der Waals surface area contributed by atoms with Crippen LogP contribution in [0.5, 0.6) is 0 Å². The fourth-order valence-corrected chi connectivity index (χ4v) is 1.93. The van der Waals surface area contributed by atoms with Gasteiger partial charge in [-0.3, -0.25) is 4.79 Å². The summed E-state index contributed by atoms with van der Waals surface area (Å²) in [5, 5.41) is 5.87. The van der Waals surface area contributed by atoms with Crippen LogP contribution in [-0.4, -0.2) is 42.2 Å². The monoisotopic (exact) mass is 358 g/mol. The summed E-state index contributed by atoms with van der Waals surface area (Å²) < 4.78 is 5.59. The molecule has 0 saturated heterocycles. The van der Waals surface area contributed by atoms with Gasteiger partial charge in [0, 0.05) is 25.1 Å². The number of nitrogens with one attached hydrogen (secondary N) is 2. The van der Waals surface area contributed by atoms with Crippen molar-refractivity contribution < 1.29 is 9.53 Å². The Bertz CT molecular complexity index is 488. The molecule has 1 rings (SSSR count). The van der Waals surface area contributed by atoms with Crippen LogP contribution in [0.25, 0.3) is 0 Å². The summed E-state index contributed by atoms with van der Waals surface area (Å²) in [5.41, 5.74) is -0.163. The third-order valence-corrected chi connectivity index (χ3v) is 3.14. The number of halogens is 1. The van der Waals surface area contributed by atoms with Gasteiger partial charge in [-0.1, -0.05) is 20.8 Å². The number of carbonyl (C=O) groups is 1. The van der Waals surface area contributed by atoms with Gasteiger partial charge in [0.1, 0.15) is 22.3 Å². The average molecular weight is 359 g/mol. The lowest BCUT2D eigenvalue weighted by molar-refractivity contribution is -0.121. The first-order valence-corrected chi connectivity index (χ1v) is 7.61. The Morgan fingerprint density at radius 3 is 2.67 bits per heavy atom. The van der Waals surface area contributed by atoms with E-state index in [1.165, 1.54) is 0 Å². The fourth-order valence-electron chi connectivity index (χ4n) is 1.54. The molecule has 0 fully saturated rings. The number of methoxy groups -OCH3 is 1. The lowest BCUT2D eigenvalue weighted by Gasteiger charge is -2.19. The van der Waals surface area contributed by atoms with Crippen LogP contribution in [0.4, 0.5) is 5.82 Å². The van der Waals surface area contributed by atoms with Crippen LogP contribution < -0.4 is 10.6 Å². The quantitative estimate of drug-likeness (QED) is 0.601. The minimum Gasteiger partial charge on any atom is -0.383 e. The summed E-state index contributed by atoms with van der Waals surface area (Å²) in [5.74, 6) is 1.24. The van der Waals surface area contributed by atoms with E-state index >= 15 is 0 Å². The average Bonchev–Trinajstić information content (AvgIpc) is 2.37. The molecule has 1 atom stereocenters. The van der Waals surface area contributed by atoms with Gasteiger partial charge in [0.2, 0.25) is 5.91 Å². The van der Waals surface area contributed by atoms with Crippen molar-refractivity contribution in [1.29, 1.82) is 0 Å². The maximum atomic E-state index is 11.9. The van der Waals surface area contributed by atoms with Gasteiger partial charge in [-0.25, -0.2) is 9.97 Å². The molecule has 0 radical (unpaired) electrons. The number of carbonyl (C=O) groups excluding carboxylic acids is 1. The lowest BCUT2D eigenvalue weighted by atomic mass is 9.96. The molecule has 0 saturated carbocycles. The zero-order valence-corrected chi connectivity index (χ0v) is 14.7. The Hall–Kier alpha value is -1.21. The Kier molecular flexibility index (Phi) is 6.54. The molecule has 0 aliphatic rings. The second kappa shape index (κ2) is 7.70. The summed E-state index contributed by atoms with van der Waals surface area (Å²) in [4.78, 5) is 20.7. The summed E-state index contributed by atoms with van der Waals surface area (Å²) in [6.45, 7) is 8.89. The van der Waals surface area contributed by atoms with E-state index in [1.807, 2.05) is 20.8 Å². The van der Waals surface area contributed by atoms with Gasteiger partial charge < -0.3 is 15.4 Å². The Morgan fingerprint density at radius 1 is 1.43 bits per heavy atom. The Balaban J connectivity index is 2.74. The van der Waals surface area contributed by atoms with Crippen molar-refractivity contribution in [3.63, 3.8) is 0 Å². The first-order chi connectivity index (χ1) is 9.74. The van der Waals surface area contributed by atoms with E-state index in [4.69, 9.17) is 4.74 Å². The summed E-state index contributed by atoms with van der Waals surface area (Å²) in [6, 6.07) is 1.37. The smallest absolute Gasteiger partial charge is 0.242 e. The van der Waals surface area contributed by atoms with E-state index in [2.05, 4.69) is 36.5 Å². The molecular formula is C14H23BrN4O2. The molecule has 0 spiro atoms. The zero-order chi connectivity index (χ0) is 16.0. The molecule has 1 heterocycles. The van der Waals surface area contributed by atoms with Gasteiger partial charge >= 0.3 is 0 Å². The number of aromatic nitrogens is 2. The molecule has 7 heteroatoms. The van der Waals surface area contributed by atoms with Crippen LogP contribution in [-0.2, 0) is 14.9 Å². The largest absolute Gasteiger partial charge is 0.383 e. The van der Waals surface area contributed by atoms with E-state index in [9.17, 15) is 4.79 Å². The summed E-state index contributed by atoms with van der Waals surface area (Å²) >= 11 is 3.38. The van der Waals surface area contributed by atoms with Gasteiger partial charge in [0.25, 0.3) is 0 Å². The normalized spacial score (nSPS) is 12.9. The first kappa shape index (κ1) is 17.8. The molecule has 118 valence electrons. The van der Waals surface area contributed by atoms with E-state index in [0.29, 0.717) is 29.4 Å². The first-order valence-electron chi connectivity index (χ1n) is 6.82. The number of hydrogen-bond acceptors (Lipinski definition) is 5. The predicted octanol–water partition coefficient (Wildman–Crippen LogP) is 2.10. The van der Waals surface area contributed by atoms with E-state index < -0.39 is 6.04 Å². The molecule has 0 aliphatic heterocycles. The number of hydrogen-bond donors (Lipinski definition) is 2. The minimum atomic E-state index is -0.392. The minimum absolute atomic E-state index is 0.0981. The number of amides is 1. The Morgan fingerprint density at radius 2 is 2.10 bits per heavy atom. The molecule has 1 amide bonds. The summed E-state index contributed by atoms with van der Waals surface area (Å²) in [7, 11) is 1.60. The van der Waals surface area contributed by atoms with Crippen LogP contribution in [0.2, 0.25) is 0 Å². The SMILES string of the molecule is COCCNC(=O)C(C)Nc1cc(Br)nc(C(C)(C)C)n1. The molecule has 1 aromatic rings. The molecule has 0 aromatic carbocycles. The van der Waals surface area contributed by atoms with Crippen molar-refractivity contribution in [3.05, 3.63) is 16.5 Å². The highest BCUT2D eigenvalue weighted by Crippen LogP contribution is 2.22. The number of ether oxygens (including phenoxy) is 1. The zero-order valence-electron chi connectivity index (χ0n) is 13.2. The van der Waals surface area contributed by atoms with Crippen molar-refractivity contribution in [3.8, 4) is 0 Å².